The Morgan fingerprint density at radius 1 is 1.00 bits per heavy atom. The second kappa shape index (κ2) is 5.26. The van der Waals surface area contributed by atoms with E-state index < -0.39 is 34.2 Å². The zero-order valence-electron chi connectivity index (χ0n) is 12.3. The van der Waals surface area contributed by atoms with Gasteiger partial charge in [0.05, 0.1) is 11.1 Å². The van der Waals surface area contributed by atoms with Crippen molar-refractivity contribution in [3.8, 4) is 11.1 Å². The van der Waals surface area contributed by atoms with Gasteiger partial charge in [-0.15, -0.1) is 0 Å². The zero-order chi connectivity index (χ0) is 16.7. The Morgan fingerprint density at radius 2 is 1.59 bits per heavy atom. The van der Waals surface area contributed by atoms with Crippen LogP contribution < -0.4 is 5.56 Å². The normalized spacial score (nSPS) is 12.5. The highest BCUT2D eigenvalue weighted by molar-refractivity contribution is 5.67. The van der Waals surface area contributed by atoms with Gasteiger partial charge < -0.3 is 4.57 Å². The summed E-state index contributed by atoms with van der Waals surface area (Å²) >= 11 is 0. The third-order valence-corrected chi connectivity index (χ3v) is 3.26. The van der Waals surface area contributed by atoms with Crippen LogP contribution in [0.3, 0.4) is 0 Å². The minimum Gasteiger partial charge on any atom is -0.310 e. The summed E-state index contributed by atoms with van der Waals surface area (Å²) in [7, 11) is 0. The van der Waals surface area contributed by atoms with Crippen LogP contribution in [0.5, 0.6) is 0 Å². The van der Waals surface area contributed by atoms with E-state index in [1.807, 2.05) is 0 Å². The third-order valence-electron chi connectivity index (χ3n) is 3.26. The van der Waals surface area contributed by atoms with E-state index in [4.69, 9.17) is 0 Å². The summed E-state index contributed by atoms with van der Waals surface area (Å²) < 4.78 is 54.7. The summed E-state index contributed by atoms with van der Waals surface area (Å²) in [5.41, 5.74) is -3.74. The molecule has 22 heavy (non-hydrogen) atoms. The zero-order valence-corrected chi connectivity index (χ0v) is 12.3. The van der Waals surface area contributed by atoms with E-state index in [0.717, 1.165) is 18.3 Å². The molecule has 2 nitrogen and oxygen atoms in total. The molecule has 0 aliphatic carbocycles. The molecule has 6 heteroatoms. The summed E-state index contributed by atoms with van der Waals surface area (Å²) in [6.45, 7) is 5.06. The van der Waals surface area contributed by atoms with E-state index in [-0.39, 0.29) is 5.56 Å². The van der Waals surface area contributed by atoms with Gasteiger partial charge in [0, 0.05) is 17.3 Å². The molecular weight excluding hydrogens is 298 g/mol. The first-order valence-corrected chi connectivity index (χ1v) is 6.61. The molecule has 118 valence electrons. The van der Waals surface area contributed by atoms with Crippen LogP contribution in [0.25, 0.3) is 11.1 Å². The van der Waals surface area contributed by atoms with E-state index in [9.17, 15) is 22.4 Å². The van der Waals surface area contributed by atoms with Crippen molar-refractivity contribution in [1.29, 1.82) is 0 Å². The highest BCUT2D eigenvalue weighted by Crippen LogP contribution is 2.36. The SMILES string of the molecule is CC(C)(C)n1ccc(C(F)(F)F)c(-c2ccccc2F)c1=O. The van der Waals surface area contributed by atoms with E-state index >= 15 is 0 Å². The van der Waals surface area contributed by atoms with Crippen LogP contribution in [0.1, 0.15) is 26.3 Å². The highest BCUT2D eigenvalue weighted by atomic mass is 19.4. The molecule has 0 saturated heterocycles. The van der Waals surface area contributed by atoms with Crippen molar-refractivity contribution in [2.45, 2.75) is 32.5 Å². The van der Waals surface area contributed by atoms with Gasteiger partial charge in [0.15, 0.2) is 0 Å². The summed E-state index contributed by atoms with van der Waals surface area (Å²) in [4.78, 5) is 12.5. The maximum absolute atomic E-state index is 13.9. The molecule has 0 radical (unpaired) electrons. The molecule has 0 bridgehead atoms. The monoisotopic (exact) mass is 313 g/mol. The van der Waals surface area contributed by atoms with Crippen molar-refractivity contribution in [3.05, 3.63) is 58.3 Å². The Hall–Kier alpha value is -2.11. The smallest absolute Gasteiger partial charge is 0.310 e. The Kier molecular flexibility index (Phi) is 3.89. The van der Waals surface area contributed by atoms with Crippen LogP contribution in [0.15, 0.2) is 41.3 Å². The fourth-order valence-corrected chi connectivity index (χ4v) is 2.22. The van der Waals surface area contributed by atoms with E-state index in [0.29, 0.717) is 0 Å². The van der Waals surface area contributed by atoms with Crippen LogP contribution in [-0.4, -0.2) is 4.57 Å². The summed E-state index contributed by atoms with van der Waals surface area (Å²) in [6, 6.07) is 5.77. The number of hydrogen-bond acceptors (Lipinski definition) is 1. The molecule has 0 saturated carbocycles. The van der Waals surface area contributed by atoms with Gasteiger partial charge in [-0.3, -0.25) is 4.79 Å². The lowest BCUT2D eigenvalue weighted by Gasteiger charge is -2.24. The van der Waals surface area contributed by atoms with Crippen LogP contribution in [0.4, 0.5) is 17.6 Å². The topological polar surface area (TPSA) is 22.0 Å². The number of hydrogen-bond donors (Lipinski definition) is 0. The molecule has 0 fully saturated rings. The van der Waals surface area contributed by atoms with Gasteiger partial charge in [0.1, 0.15) is 5.82 Å². The number of nitrogens with zero attached hydrogens (tertiary/aromatic N) is 1. The standard InChI is InChI=1S/C16H15F4NO/c1-15(2,3)21-9-8-11(16(18,19)20)13(14(21)22)10-6-4-5-7-12(10)17/h4-9H,1-3H3. The summed E-state index contributed by atoms with van der Waals surface area (Å²) in [6.07, 6.45) is -3.65. The largest absolute Gasteiger partial charge is 0.417 e. The first kappa shape index (κ1) is 16.3. The van der Waals surface area contributed by atoms with Crippen molar-refractivity contribution in [2.75, 3.05) is 0 Å². The molecule has 0 spiro atoms. The highest BCUT2D eigenvalue weighted by Gasteiger charge is 2.36. The number of aromatic nitrogens is 1. The molecule has 1 heterocycles. The number of alkyl halides is 3. The summed E-state index contributed by atoms with van der Waals surface area (Å²) in [5.74, 6) is -0.864. The van der Waals surface area contributed by atoms with Gasteiger partial charge in [-0.1, -0.05) is 18.2 Å². The molecule has 0 aliphatic rings. The molecule has 0 atom stereocenters. The fourth-order valence-electron chi connectivity index (χ4n) is 2.22. The Balaban J connectivity index is 2.90. The molecule has 0 unspecified atom stereocenters. The molecule has 1 aromatic carbocycles. The van der Waals surface area contributed by atoms with Crippen molar-refractivity contribution >= 4 is 0 Å². The fraction of sp³-hybridized carbons (Fsp3) is 0.312. The van der Waals surface area contributed by atoms with E-state index in [2.05, 4.69) is 0 Å². The van der Waals surface area contributed by atoms with Gasteiger partial charge in [0.25, 0.3) is 5.56 Å². The second-order valence-corrected chi connectivity index (χ2v) is 5.93. The minimum atomic E-state index is -4.74. The van der Waals surface area contributed by atoms with Gasteiger partial charge in [0.2, 0.25) is 0 Å². The molecule has 0 amide bonds. The predicted molar refractivity (Wildman–Crippen MR) is 76.1 cm³/mol. The van der Waals surface area contributed by atoms with Crippen LogP contribution in [0.2, 0.25) is 0 Å². The van der Waals surface area contributed by atoms with Crippen molar-refractivity contribution in [2.24, 2.45) is 0 Å². The number of benzene rings is 1. The average Bonchev–Trinajstić information content (AvgIpc) is 2.37. The number of halogens is 4. The van der Waals surface area contributed by atoms with Crippen LogP contribution >= 0.6 is 0 Å². The Bertz CT molecular complexity index is 754. The van der Waals surface area contributed by atoms with Crippen LogP contribution in [0, 0.1) is 5.82 Å². The van der Waals surface area contributed by atoms with Gasteiger partial charge in [-0.05, 0) is 32.9 Å². The average molecular weight is 313 g/mol. The first-order valence-electron chi connectivity index (χ1n) is 6.61. The third kappa shape index (κ3) is 2.91. The quantitative estimate of drug-likeness (QED) is 0.714. The van der Waals surface area contributed by atoms with Crippen molar-refractivity contribution < 1.29 is 17.6 Å². The molecule has 1 aromatic heterocycles. The van der Waals surface area contributed by atoms with E-state index in [1.54, 1.807) is 20.8 Å². The Labute approximate surface area is 125 Å². The van der Waals surface area contributed by atoms with Crippen molar-refractivity contribution in [1.82, 2.24) is 4.57 Å². The molecular formula is C16H15F4NO. The molecule has 0 aliphatic heterocycles. The van der Waals surface area contributed by atoms with Gasteiger partial charge in [-0.2, -0.15) is 13.2 Å². The van der Waals surface area contributed by atoms with Gasteiger partial charge >= 0.3 is 6.18 Å². The van der Waals surface area contributed by atoms with E-state index in [1.165, 1.54) is 22.8 Å². The minimum absolute atomic E-state index is 0.349. The lowest BCUT2D eigenvalue weighted by molar-refractivity contribution is -0.137. The maximum atomic E-state index is 13.9. The molecule has 0 N–H and O–H groups in total. The predicted octanol–water partition coefficient (Wildman–Crippen LogP) is 4.43. The second-order valence-electron chi connectivity index (χ2n) is 5.93. The van der Waals surface area contributed by atoms with Crippen molar-refractivity contribution in [3.63, 3.8) is 0 Å². The van der Waals surface area contributed by atoms with Crippen LogP contribution in [-0.2, 0) is 11.7 Å². The number of rotatable bonds is 1. The molecule has 2 aromatic rings. The molecule has 2 rings (SSSR count). The maximum Gasteiger partial charge on any atom is 0.417 e. The van der Waals surface area contributed by atoms with Gasteiger partial charge in [-0.25, -0.2) is 4.39 Å². The Morgan fingerprint density at radius 3 is 2.09 bits per heavy atom. The lowest BCUT2D eigenvalue weighted by atomic mass is 9.99. The first-order chi connectivity index (χ1) is 10.0. The summed E-state index contributed by atoms with van der Waals surface area (Å²) in [5, 5.41) is 0. The lowest BCUT2D eigenvalue weighted by Crippen LogP contribution is -2.35. The number of pyridine rings is 1.